The molecule has 0 aromatic carbocycles. The number of aryl methyl sites for hydroxylation is 1. The van der Waals surface area contributed by atoms with Crippen molar-refractivity contribution in [3.8, 4) is 11.8 Å². The zero-order valence-corrected chi connectivity index (χ0v) is 9.82. The van der Waals surface area contributed by atoms with Crippen molar-refractivity contribution in [3.05, 3.63) is 21.9 Å². The van der Waals surface area contributed by atoms with Crippen molar-refractivity contribution >= 4 is 17.3 Å². The largest absolute Gasteiger partial charge is 0.459 e. The van der Waals surface area contributed by atoms with E-state index in [2.05, 4.69) is 29.6 Å². The molecular weight excluding hydrogens is 208 g/mol. The fourth-order valence-electron chi connectivity index (χ4n) is 1.17. The lowest BCUT2D eigenvalue weighted by atomic mass is 10.1. The van der Waals surface area contributed by atoms with Gasteiger partial charge in [0, 0.05) is 5.92 Å². The van der Waals surface area contributed by atoms with Crippen LogP contribution in [0.1, 0.15) is 30.2 Å². The highest BCUT2D eigenvalue weighted by Gasteiger charge is 2.01. The Morgan fingerprint density at radius 2 is 2.40 bits per heavy atom. The Morgan fingerprint density at radius 3 is 3.07 bits per heavy atom. The van der Waals surface area contributed by atoms with Gasteiger partial charge in [0.15, 0.2) is 0 Å². The van der Waals surface area contributed by atoms with Gasteiger partial charge in [0.2, 0.25) is 0 Å². The van der Waals surface area contributed by atoms with E-state index in [-0.39, 0.29) is 0 Å². The molecule has 0 bridgehead atoms. The van der Waals surface area contributed by atoms with Crippen LogP contribution < -0.4 is 0 Å². The lowest BCUT2D eigenvalue weighted by Crippen LogP contribution is -1.94. The summed E-state index contributed by atoms with van der Waals surface area (Å²) in [7, 11) is 1.34. The summed E-state index contributed by atoms with van der Waals surface area (Å²) < 4.78 is 4.46. The van der Waals surface area contributed by atoms with Gasteiger partial charge >= 0.3 is 5.97 Å². The first kappa shape index (κ1) is 11.8. The second-order valence-electron chi connectivity index (χ2n) is 3.12. The first-order chi connectivity index (χ1) is 7.27. The van der Waals surface area contributed by atoms with Gasteiger partial charge in [-0.1, -0.05) is 13.3 Å². The van der Waals surface area contributed by atoms with E-state index in [1.807, 2.05) is 5.38 Å². The van der Waals surface area contributed by atoms with Crippen LogP contribution in [0.2, 0.25) is 0 Å². The number of hydrogen-bond acceptors (Lipinski definition) is 3. The minimum Gasteiger partial charge on any atom is -0.459 e. The summed E-state index contributed by atoms with van der Waals surface area (Å²) in [6.45, 7) is 2.16. The third kappa shape index (κ3) is 3.77. The van der Waals surface area contributed by atoms with Crippen LogP contribution in [0.15, 0.2) is 11.4 Å². The van der Waals surface area contributed by atoms with Gasteiger partial charge < -0.3 is 4.74 Å². The molecular formula is C12H14O2S. The van der Waals surface area contributed by atoms with E-state index in [9.17, 15) is 4.79 Å². The van der Waals surface area contributed by atoms with Crippen molar-refractivity contribution in [2.24, 2.45) is 0 Å². The lowest BCUT2D eigenvalue weighted by molar-refractivity contribution is -0.133. The van der Waals surface area contributed by atoms with Crippen molar-refractivity contribution in [2.45, 2.75) is 26.2 Å². The maximum Gasteiger partial charge on any atom is 0.384 e. The van der Waals surface area contributed by atoms with E-state index < -0.39 is 5.97 Å². The summed E-state index contributed by atoms with van der Waals surface area (Å²) in [5.41, 5.74) is 1.23. The summed E-state index contributed by atoms with van der Waals surface area (Å²) in [5, 5.41) is 2.01. The number of ether oxygens (including phenoxy) is 1. The molecule has 0 unspecified atom stereocenters. The van der Waals surface area contributed by atoms with Gasteiger partial charge in [-0.05, 0) is 35.8 Å². The molecule has 0 spiro atoms. The number of thiophene rings is 1. The summed E-state index contributed by atoms with van der Waals surface area (Å²) in [6.07, 6.45) is 3.36. The number of hydrogen-bond donors (Lipinski definition) is 0. The first-order valence-corrected chi connectivity index (χ1v) is 5.82. The van der Waals surface area contributed by atoms with Crippen LogP contribution in [-0.2, 0) is 16.0 Å². The summed E-state index contributed by atoms with van der Waals surface area (Å²) >= 11 is 1.57. The molecule has 0 fully saturated rings. The molecule has 0 saturated heterocycles. The van der Waals surface area contributed by atoms with E-state index in [1.165, 1.54) is 19.1 Å². The maximum atomic E-state index is 10.8. The monoisotopic (exact) mass is 222 g/mol. The molecule has 2 nitrogen and oxygen atoms in total. The normalized spacial score (nSPS) is 9.20. The third-order valence-corrected chi connectivity index (χ3v) is 2.88. The van der Waals surface area contributed by atoms with E-state index in [4.69, 9.17) is 0 Å². The molecule has 15 heavy (non-hydrogen) atoms. The molecule has 80 valence electrons. The molecule has 0 aliphatic carbocycles. The Balaban J connectivity index is 2.71. The van der Waals surface area contributed by atoms with E-state index in [1.54, 1.807) is 11.3 Å². The van der Waals surface area contributed by atoms with Crippen LogP contribution in [-0.4, -0.2) is 13.1 Å². The predicted octanol–water partition coefficient (Wildman–Crippen LogP) is 2.62. The van der Waals surface area contributed by atoms with Gasteiger partial charge in [0.25, 0.3) is 0 Å². The van der Waals surface area contributed by atoms with Gasteiger partial charge in [-0.3, -0.25) is 0 Å². The molecule has 0 atom stereocenters. The highest BCUT2D eigenvalue weighted by atomic mass is 32.1. The lowest BCUT2D eigenvalue weighted by Gasteiger charge is -1.95. The maximum absolute atomic E-state index is 10.8. The van der Waals surface area contributed by atoms with Crippen LogP contribution in [0.5, 0.6) is 0 Å². The number of methoxy groups -OCH3 is 1. The van der Waals surface area contributed by atoms with Crippen LogP contribution in [0.3, 0.4) is 0 Å². The molecule has 0 aliphatic rings. The zero-order valence-electron chi connectivity index (χ0n) is 9.00. The van der Waals surface area contributed by atoms with Crippen molar-refractivity contribution < 1.29 is 9.53 Å². The third-order valence-electron chi connectivity index (χ3n) is 2.01. The SMILES string of the molecule is CCCCc1ccsc1C#CC(=O)OC. The van der Waals surface area contributed by atoms with Crippen LogP contribution >= 0.6 is 11.3 Å². The predicted molar refractivity (Wildman–Crippen MR) is 61.8 cm³/mol. The Bertz CT molecular complexity index is 382. The van der Waals surface area contributed by atoms with Crippen molar-refractivity contribution in [1.82, 2.24) is 0 Å². The minimum absolute atomic E-state index is 0.482. The number of carbonyl (C=O) groups is 1. The molecule has 0 N–H and O–H groups in total. The van der Waals surface area contributed by atoms with Crippen molar-refractivity contribution in [1.29, 1.82) is 0 Å². The molecule has 0 radical (unpaired) electrons. The summed E-state index contributed by atoms with van der Waals surface area (Å²) in [4.78, 5) is 11.8. The van der Waals surface area contributed by atoms with Crippen LogP contribution in [0, 0.1) is 11.8 Å². The molecule has 0 amide bonds. The fraction of sp³-hybridized carbons (Fsp3) is 0.417. The van der Waals surface area contributed by atoms with E-state index in [0.29, 0.717) is 0 Å². The summed E-state index contributed by atoms with van der Waals surface area (Å²) in [5.74, 6) is 4.82. The fourth-order valence-corrected chi connectivity index (χ4v) is 1.97. The highest BCUT2D eigenvalue weighted by molar-refractivity contribution is 7.10. The Hall–Kier alpha value is -1.27. The Labute approximate surface area is 94.3 Å². The average Bonchev–Trinajstić information content (AvgIpc) is 2.70. The Kier molecular flexibility index (Phi) is 4.92. The van der Waals surface area contributed by atoms with Gasteiger partial charge in [0.1, 0.15) is 0 Å². The minimum atomic E-state index is -0.482. The first-order valence-electron chi connectivity index (χ1n) is 4.94. The molecule has 1 aromatic rings. The molecule has 1 heterocycles. The molecule has 0 aliphatic heterocycles. The highest BCUT2D eigenvalue weighted by Crippen LogP contribution is 2.17. The zero-order chi connectivity index (χ0) is 11.1. The molecule has 1 aromatic heterocycles. The van der Waals surface area contributed by atoms with Gasteiger partial charge in [-0.25, -0.2) is 4.79 Å². The molecule has 0 saturated carbocycles. The Morgan fingerprint density at radius 1 is 1.60 bits per heavy atom. The van der Waals surface area contributed by atoms with Crippen molar-refractivity contribution in [2.75, 3.05) is 7.11 Å². The number of unbranched alkanes of at least 4 members (excludes halogenated alkanes) is 1. The number of rotatable bonds is 3. The second kappa shape index (κ2) is 6.26. The smallest absolute Gasteiger partial charge is 0.384 e. The standard InChI is InChI=1S/C12H14O2S/c1-3-4-5-10-8-9-15-11(10)6-7-12(13)14-2/h8-9H,3-5H2,1-2H3. The average molecular weight is 222 g/mol. The van der Waals surface area contributed by atoms with Gasteiger partial charge in [-0.2, -0.15) is 0 Å². The van der Waals surface area contributed by atoms with Crippen molar-refractivity contribution in [3.63, 3.8) is 0 Å². The molecule has 3 heteroatoms. The number of esters is 1. The second-order valence-corrected chi connectivity index (χ2v) is 4.04. The van der Waals surface area contributed by atoms with Crippen LogP contribution in [0.4, 0.5) is 0 Å². The number of carbonyl (C=O) groups excluding carboxylic acids is 1. The topological polar surface area (TPSA) is 26.3 Å². The quantitative estimate of drug-likeness (QED) is 0.580. The summed E-state index contributed by atoms with van der Waals surface area (Å²) in [6, 6.07) is 2.07. The van der Waals surface area contributed by atoms with E-state index in [0.717, 1.165) is 17.7 Å². The van der Waals surface area contributed by atoms with Gasteiger partial charge in [0.05, 0.1) is 12.0 Å². The van der Waals surface area contributed by atoms with E-state index >= 15 is 0 Å². The van der Waals surface area contributed by atoms with Gasteiger partial charge in [-0.15, -0.1) is 11.3 Å². The van der Waals surface area contributed by atoms with Crippen LogP contribution in [0.25, 0.3) is 0 Å². The molecule has 1 rings (SSSR count).